The summed E-state index contributed by atoms with van der Waals surface area (Å²) in [6, 6.07) is -1.74. The van der Waals surface area contributed by atoms with Gasteiger partial charge in [-0.3, -0.25) is 24.6 Å². The summed E-state index contributed by atoms with van der Waals surface area (Å²) in [6.45, 7) is 1.48. The van der Waals surface area contributed by atoms with E-state index in [4.69, 9.17) is 0 Å². The lowest BCUT2D eigenvalue weighted by atomic mass is 9.76. The summed E-state index contributed by atoms with van der Waals surface area (Å²) in [7, 11) is 1.44. The van der Waals surface area contributed by atoms with Crippen molar-refractivity contribution in [3.8, 4) is 0 Å². The molecule has 21 heavy (non-hydrogen) atoms. The molecule has 1 aliphatic carbocycles. The maximum Gasteiger partial charge on any atom is 0.331 e. The number of carbonyl (C=O) groups is 4. The topological polar surface area (TPSA) is 95.6 Å². The highest BCUT2D eigenvalue weighted by molar-refractivity contribution is 6.20. The highest BCUT2D eigenvalue weighted by Crippen LogP contribution is 2.39. The number of barbiturate groups is 1. The highest BCUT2D eigenvalue weighted by atomic mass is 16.2. The molecule has 5 amide bonds. The lowest BCUT2D eigenvalue weighted by molar-refractivity contribution is -0.156. The second-order valence-corrected chi connectivity index (χ2v) is 5.72. The van der Waals surface area contributed by atoms with Crippen LogP contribution in [-0.4, -0.2) is 41.7 Å². The van der Waals surface area contributed by atoms with Gasteiger partial charge in [0.2, 0.25) is 17.7 Å². The summed E-state index contributed by atoms with van der Waals surface area (Å²) in [5.74, 6) is -1.48. The molecule has 1 saturated heterocycles. The Balaban J connectivity index is 2.35. The first-order chi connectivity index (χ1) is 9.94. The van der Waals surface area contributed by atoms with Gasteiger partial charge in [-0.1, -0.05) is 25.7 Å². The molecular formula is C14H21N3O4. The van der Waals surface area contributed by atoms with Gasteiger partial charge in [0.25, 0.3) is 0 Å². The van der Waals surface area contributed by atoms with Gasteiger partial charge in [-0.2, -0.15) is 0 Å². The van der Waals surface area contributed by atoms with Crippen LogP contribution < -0.4 is 10.6 Å². The number of hydrogen-bond donors (Lipinski definition) is 2. The molecule has 1 spiro atoms. The van der Waals surface area contributed by atoms with Crippen molar-refractivity contribution in [1.82, 2.24) is 15.5 Å². The zero-order valence-corrected chi connectivity index (χ0v) is 12.4. The van der Waals surface area contributed by atoms with Gasteiger partial charge in [-0.05, 0) is 19.8 Å². The highest BCUT2D eigenvalue weighted by Gasteiger charge is 2.55. The third kappa shape index (κ3) is 2.52. The number of nitrogens with zero attached hydrogens (tertiary/aromatic N) is 1. The molecule has 116 valence electrons. The van der Waals surface area contributed by atoms with Gasteiger partial charge in [0.15, 0.2) is 0 Å². The maximum atomic E-state index is 12.8. The molecule has 1 atom stereocenters. The van der Waals surface area contributed by atoms with Gasteiger partial charge >= 0.3 is 6.03 Å². The lowest BCUT2D eigenvalue weighted by Crippen LogP contribution is -2.67. The Morgan fingerprint density at radius 1 is 1.19 bits per heavy atom. The molecule has 0 aromatic rings. The Labute approximate surface area is 123 Å². The second-order valence-electron chi connectivity index (χ2n) is 5.72. The van der Waals surface area contributed by atoms with Crippen molar-refractivity contribution in [3.05, 3.63) is 0 Å². The quantitative estimate of drug-likeness (QED) is 0.727. The Morgan fingerprint density at radius 2 is 1.76 bits per heavy atom. The molecule has 1 unspecified atom stereocenters. The maximum absolute atomic E-state index is 12.8. The molecule has 0 radical (unpaired) electrons. The lowest BCUT2D eigenvalue weighted by Gasteiger charge is -2.40. The average molecular weight is 295 g/mol. The molecule has 0 bridgehead atoms. The third-order valence-electron chi connectivity index (χ3n) is 4.47. The zero-order chi connectivity index (χ0) is 15.6. The summed E-state index contributed by atoms with van der Waals surface area (Å²) in [6.07, 6.45) is 4.36. The molecular weight excluding hydrogens is 274 g/mol. The predicted octanol–water partition coefficient (Wildman–Crippen LogP) is 0.540. The molecule has 0 aromatic heterocycles. The molecule has 1 saturated carbocycles. The fourth-order valence-corrected chi connectivity index (χ4v) is 3.15. The van der Waals surface area contributed by atoms with Gasteiger partial charge in [0.1, 0.15) is 11.5 Å². The van der Waals surface area contributed by atoms with Crippen LogP contribution >= 0.6 is 0 Å². The van der Waals surface area contributed by atoms with Crippen LogP contribution in [0.15, 0.2) is 0 Å². The molecule has 2 N–H and O–H groups in total. The molecule has 2 rings (SSSR count). The van der Waals surface area contributed by atoms with Gasteiger partial charge in [0, 0.05) is 7.05 Å². The van der Waals surface area contributed by atoms with Crippen molar-refractivity contribution in [3.63, 3.8) is 0 Å². The van der Waals surface area contributed by atoms with Crippen molar-refractivity contribution in [2.45, 2.75) is 51.5 Å². The van der Waals surface area contributed by atoms with Gasteiger partial charge in [-0.15, -0.1) is 0 Å². The van der Waals surface area contributed by atoms with E-state index in [1.807, 2.05) is 0 Å². The second kappa shape index (κ2) is 5.83. The van der Waals surface area contributed by atoms with E-state index in [0.717, 1.165) is 30.6 Å². The molecule has 0 aromatic carbocycles. The van der Waals surface area contributed by atoms with Crippen LogP contribution in [0.5, 0.6) is 0 Å². The first-order valence-electron chi connectivity index (χ1n) is 7.35. The minimum Gasteiger partial charge on any atom is -0.357 e. The van der Waals surface area contributed by atoms with E-state index in [0.29, 0.717) is 12.8 Å². The van der Waals surface area contributed by atoms with Crippen molar-refractivity contribution >= 4 is 23.8 Å². The van der Waals surface area contributed by atoms with E-state index in [1.54, 1.807) is 0 Å². The minimum absolute atomic E-state index is 0.432. The van der Waals surface area contributed by atoms with Crippen LogP contribution in [0.3, 0.4) is 0 Å². The van der Waals surface area contributed by atoms with E-state index < -0.39 is 35.2 Å². The summed E-state index contributed by atoms with van der Waals surface area (Å²) in [4.78, 5) is 49.7. The SMILES string of the molecule is CNC(=O)C(C)N1C(=O)NC(=O)C2(CCCCCC2)C1=O. The smallest absolute Gasteiger partial charge is 0.331 e. The summed E-state index contributed by atoms with van der Waals surface area (Å²) in [5.41, 5.74) is -1.19. The summed E-state index contributed by atoms with van der Waals surface area (Å²) < 4.78 is 0. The van der Waals surface area contributed by atoms with Crippen LogP contribution in [-0.2, 0) is 14.4 Å². The number of nitrogens with one attached hydrogen (secondary N) is 2. The zero-order valence-electron chi connectivity index (χ0n) is 12.4. The van der Waals surface area contributed by atoms with E-state index in [-0.39, 0.29) is 0 Å². The van der Waals surface area contributed by atoms with Gasteiger partial charge in [-0.25, -0.2) is 4.79 Å². The molecule has 7 nitrogen and oxygen atoms in total. The van der Waals surface area contributed by atoms with Crippen LogP contribution in [0.25, 0.3) is 0 Å². The number of carbonyl (C=O) groups excluding carboxylic acids is 4. The standard InChI is InChI=1S/C14H21N3O4/c1-9(10(18)15-2)17-12(20)14(11(19)16-13(17)21)7-5-3-4-6-8-14/h9H,3-8H2,1-2H3,(H,15,18)(H,16,19,21). The average Bonchev–Trinajstić information content (AvgIpc) is 2.71. The van der Waals surface area contributed by atoms with Crippen molar-refractivity contribution in [1.29, 1.82) is 0 Å². The van der Waals surface area contributed by atoms with E-state index in [2.05, 4.69) is 10.6 Å². The molecule has 2 aliphatic rings. The number of imide groups is 2. The Morgan fingerprint density at radius 3 is 2.29 bits per heavy atom. The van der Waals surface area contributed by atoms with Crippen LogP contribution in [0.4, 0.5) is 4.79 Å². The first-order valence-corrected chi connectivity index (χ1v) is 7.35. The Bertz CT molecular complexity index is 481. The van der Waals surface area contributed by atoms with Crippen LogP contribution in [0.2, 0.25) is 0 Å². The minimum atomic E-state index is -1.19. The van der Waals surface area contributed by atoms with Gasteiger partial charge < -0.3 is 5.32 Å². The van der Waals surface area contributed by atoms with E-state index >= 15 is 0 Å². The Kier molecular flexibility index (Phi) is 4.29. The molecule has 7 heteroatoms. The van der Waals surface area contributed by atoms with Crippen LogP contribution in [0, 0.1) is 5.41 Å². The molecule has 2 fully saturated rings. The summed E-state index contributed by atoms with van der Waals surface area (Å²) >= 11 is 0. The van der Waals surface area contributed by atoms with Crippen molar-refractivity contribution < 1.29 is 19.2 Å². The van der Waals surface area contributed by atoms with Crippen molar-refractivity contribution in [2.75, 3.05) is 7.05 Å². The normalized spacial score (nSPS) is 23.5. The number of hydrogen-bond acceptors (Lipinski definition) is 4. The number of rotatable bonds is 2. The van der Waals surface area contributed by atoms with Gasteiger partial charge in [0.05, 0.1) is 0 Å². The van der Waals surface area contributed by atoms with E-state index in [9.17, 15) is 19.2 Å². The number of amides is 5. The largest absolute Gasteiger partial charge is 0.357 e. The third-order valence-corrected chi connectivity index (χ3v) is 4.47. The van der Waals surface area contributed by atoms with E-state index in [1.165, 1.54) is 14.0 Å². The Hall–Kier alpha value is -1.92. The predicted molar refractivity (Wildman–Crippen MR) is 74.0 cm³/mol. The van der Waals surface area contributed by atoms with Crippen molar-refractivity contribution in [2.24, 2.45) is 5.41 Å². The number of urea groups is 1. The number of likely N-dealkylation sites (N-methyl/N-ethyl adjacent to an activating group) is 1. The summed E-state index contributed by atoms with van der Waals surface area (Å²) in [5, 5.41) is 4.68. The monoisotopic (exact) mass is 295 g/mol. The fourth-order valence-electron chi connectivity index (χ4n) is 3.15. The fraction of sp³-hybridized carbons (Fsp3) is 0.714. The molecule has 1 aliphatic heterocycles. The first kappa shape index (κ1) is 15.5. The molecule has 1 heterocycles. The van der Waals surface area contributed by atoms with Crippen LogP contribution in [0.1, 0.15) is 45.4 Å².